The van der Waals surface area contributed by atoms with Crippen molar-refractivity contribution in [2.45, 2.75) is 0 Å². The third-order valence-corrected chi connectivity index (χ3v) is 2.03. The number of nitrogen functional groups attached to an aromatic ring is 3. The van der Waals surface area contributed by atoms with Gasteiger partial charge in [0.15, 0.2) is 0 Å². The lowest BCUT2D eigenvalue weighted by molar-refractivity contribution is -0.0328. The van der Waals surface area contributed by atoms with Gasteiger partial charge < -0.3 is 67.0 Å². The van der Waals surface area contributed by atoms with Crippen molar-refractivity contribution in [1.29, 1.82) is 0 Å². The summed E-state index contributed by atoms with van der Waals surface area (Å²) in [5.41, 5.74) is 14.3. The second-order valence-electron chi connectivity index (χ2n) is 4.57. The summed E-state index contributed by atoms with van der Waals surface area (Å²) in [6, 6.07) is 0. The van der Waals surface area contributed by atoms with Crippen LogP contribution >= 0.6 is 15.6 Å². The number of hydrogen-bond donors (Lipinski definition) is 13. The summed E-state index contributed by atoms with van der Waals surface area (Å²) in [6.07, 6.45) is 0. The van der Waals surface area contributed by atoms with E-state index in [1.807, 2.05) is 0 Å². The summed E-state index contributed by atoms with van der Waals surface area (Å²) in [5.74, 6) is 0.125. The maximum absolute atomic E-state index is 8.88. The van der Waals surface area contributed by atoms with Crippen LogP contribution < -0.4 is 17.2 Å². The largest absolute Gasteiger partial charge is 0.466 e. The molecule has 0 aromatic carbocycles. The zero-order valence-corrected chi connectivity index (χ0v) is 15.9. The fourth-order valence-corrected chi connectivity index (χ4v) is 0.727. The highest BCUT2D eigenvalue weighted by Gasteiger charge is 2.26. The molecule has 1 rings (SSSR count). The number of aliphatic hydroxyl groups excluding tert-OH is 4. The van der Waals surface area contributed by atoms with Crippen LogP contribution in [-0.2, 0) is 9.13 Å². The second-order valence-corrected chi connectivity index (χ2v) is 6.62. The van der Waals surface area contributed by atoms with E-state index >= 15 is 0 Å². The first-order valence-electron chi connectivity index (χ1n) is 6.45. The second kappa shape index (κ2) is 14.5. The summed E-state index contributed by atoms with van der Waals surface area (Å²) in [7, 11) is -9.28. The predicted molar refractivity (Wildman–Crippen MR) is 92.4 cm³/mol. The maximum Gasteiger partial charge on any atom is 0.466 e. The lowest BCUT2D eigenvalue weighted by Crippen LogP contribution is -2.37. The minimum absolute atomic E-state index is 0.0417. The van der Waals surface area contributed by atoms with Gasteiger partial charge in [0.25, 0.3) is 0 Å². The quantitative estimate of drug-likeness (QED) is 0.187. The Kier molecular flexibility index (Phi) is 16.1. The van der Waals surface area contributed by atoms with E-state index in [2.05, 4.69) is 15.0 Å². The van der Waals surface area contributed by atoms with Crippen LogP contribution in [0.4, 0.5) is 17.8 Å². The first-order chi connectivity index (χ1) is 12.4. The van der Waals surface area contributed by atoms with Crippen LogP contribution in [0.25, 0.3) is 0 Å². The van der Waals surface area contributed by atoms with Crippen molar-refractivity contribution >= 4 is 33.5 Å². The Bertz CT molecular complexity index is 530. The summed E-state index contributed by atoms with van der Waals surface area (Å²) >= 11 is 0. The molecule has 0 aliphatic rings. The van der Waals surface area contributed by atoms with Gasteiger partial charge in [-0.2, -0.15) is 15.0 Å². The number of anilines is 3. The van der Waals surface area contributed by atoms with Crippen molar-refractivity contribution in [1.82, 2.24) is 15.0 Å². The van der Waals surface area contributed by atoms with E-state index in [0.717, 1.165) is 0 Å². The average Bonchev–Trinajstić information content (AvgIpc) is 2.46. The number of aromatic nitrogens is 3. The van der Waals surface area contributed by atoms with Crippen LogP contribution in [0.15, 0.2) is 0 Å². The molecule has 0 radical (unpaired) electrons. The molecule has 0 aliphatic heterocycles. The molecular formula is C8H24N6O12P2. The van der Waals surface area contributed by atoms with Gasteiger partial charge in [0.1, 0.15) is 0 Å². The molecule has 0 unspecified atom stereocenters. The van der Waals surface area contributed by atoms with Gasteiger partial charge in [-0.25, -0.2) is 9.13 Å². The molecule has 1 aromatic rings. The summed E-state index contributed by atoms with van der Waals surface area (Å²) in [5, 5.41) is 34.0. The number of rotatable bonds is 4. The predicted octanol–water partition coefficient (Wildman–Crippen LogP) is -5.30. The van der Waals surface area contributed by atoms with Crippen LogP contribution in [0.3, 0.4) is 0 Å². The molecule has 0 atom stereocenters. The molecule has 16 N–H and O–H groups in total. The first-order valence-corrected chi connectivity index (χ1v) is 9.58. The third-order valence-electron chi connectivity index (χ3n) is 2.03. The molecular weight excluding hydrogens is 434 g/mol. The van der Waals surface area contributed by atoms with Crippen molar-refractivity contribution in [2.75, 3.05) is 43.6 Å². The summed E-state index contributed by atoms with van der Waals surface area (Å²) in [6.45, 7) is -1.62. The molecule has 0 amide bonds. The van der Waals surface area contributed by atoms with Gasteiger partial charge in [0.2, 0.25) is 17.8 Å². The SMILES string of the molecule is Nc1nc(N)nc(N)n1.O=P(O)(O)O.O=P(O)(O)O.OCC(CO)(CO)CO. The van der Waals surface area contributed by atoms with E-state index < -0.39 is 47.5 Å². The van der Waals surface area contributed by atoms with E-state index in [4.69, 9.17) is 76.1 Å². The average molecular weight is 458 g/mol. The van der Waals surface area contributed by atoms with Crippen molar-refractivity contribution in [2.24, 2.45) is 5.41 Å². The minimum Gasteiger partial charge on any atom is -0.396 e. The Morgan fingerprint density at radius 3 is 0.821 bits per heavy atom. The van der Waals surface area contributed by atoms with E-state index in [1.165, 1.54) is 0 Å². The Hall–Kier alpha value is -1.53. The fraction of sp³-hybridized carbons (Fsp3) is 0.625. The van der Waals surface area contributed by atoms with E-state index in [0.29, 0.717) is 0 Å². The van der Waals surface area contributed by atoms with Crippen LogP contribution in [0, 0.1) is 5.41 Å². The Labute approximate surface area is 157 Å². The van der Waals surface area contributed by atoms with Gasteiger partial charge in [-0.1, -0.05) is 0 Å². The maximum atomic E-state index is 8.88. The highest BCUT2D eigenvalue weighted by Crippen LogP contribution is 2.26. The van der Waals surface area contributed by atoms with Gasteiger partial charge in [-0.05, 0) is 0 Å². The van der Waals surface area contributed by atoms with Crippen LogP contribution in [0.2, 0.25) is 0 Å². The number of phosphoric acid groups is 2. The first kappa shape index (κ1) is 31.2. The molecule has 0 saturated heterocycles. The lowest BCUT2D eigenvalue weighted by atomic mass is 9.93. The van der Waals surface area contributed by atoms with E-state index in [1.54, 1.807) is 0 Å². The highest BCUT2D eigenvalue weighted by atomic mass is 31.2. The molecule has 0 spiro atoms. The van der Waals surface area contributed by atoms with Crippen molar-refractivity contribution in [3.8, 4) is 0 Å². The zero-order valence-electron chi connectivity index (χ0n) is 14.1. The monoisotopic (exact) mass is 458 g/mol. The molecule has 1 aromatic heterocycles. The number of nitrogens with two attached hydrogens (primary N) is 3. The molecule has 0 fully saturated rings. The van der Waals surface area contributed by atoms with E-state index in [-0.39, 0.29) is 17.8 Å². The van der Waals surface area contributed by atoms with E-state index in [9.17, 15) is 0 Å². The Morgan fingerprint density at radius 2 is 0.750 bits per heavy atom. The minimum atomic E-state index is -4.64. The molecule has 0 saturated carbocycles. The fourth-order valence-electron chi connectivity index (χ4n) is 0.727. The molecule has 20 heteroatoms. The molecule has 0 aliphatic carbocycles. The molecule has 1 heterocycles. The molecule has 168 valence electrons. The van der Waals surface area contributed by atoms with Gasteiger partial charge in [0, 0.05) is 0 Å². The normalized spacial score (nSPS) is 11.1. The lowest BCUT2D eigenvalue weighted by Gasteiger charge is -2.23. The van der Waals surface area contributed by atoms with Crippen molar-refractivity contribution in [3.05, 3.63) is 0 Å². The topological polar surface area (TPSA) is 353 Å². The summed E-state index contributed by atoms with van der Waals surface area (Å²) < 4.78 is 17.8. The third kappa shape index (κ3) is 26.7. The standard InChI is InChI=1S/C5H12O4.C3H6N6.2H3O4P/c6-1-5(2-7,3-8)4-9;4-1-7-2(5)9-3(6)8-1;2*1-5(2,3)4/h6-9H,1-4H2;(H6,4,5,6,7,8,9);2*(H3,1,2,3,4). The van der Waals surface area contributed by atoms with Crippen molar-refractivity contribution in [3.63, 3.8) is 0 Å². The van der Waals surface area contributed by atoms with Gasteiger partial charge in [-0.15, -0.1) is 0 Å². The van der Waals surface area contributed by atoms with Gasteiger partial charge in [0.05, 0.1) is 31.8 Å². The number of hydrogen-bond acceptors (Lipinski definition) is 12. The smallest absolute Gasteiger partial charge is 0.396 e. The summed E-state index contributed by atoms with van der Waals surface area (Å²) in [4.78, 5) is 53.6. The van der Waals surface area contributed by atoms with Gasteiger partial charge in [-0.3, -0.25) is 0 Å². The van der Waals surface area contributed by atoms with Gasteiger partial charge >= 0.3 is 15.6 Å². The van der Waals surface area contributed by atoms with Crippen LogP contribution in [0.5, 0.6) is 0 Å². The zero-order chi connectivity index (χ0) is 23.2. The number of nitrogens with zero attached hydrogens (tertiary/aromatic N) is 3. The molecule has 28 heavy (non-hydrogen) atoms. The van der Waals surface area contributed by atoms with Crippen LogP contribution in [0.1, 0.15) is 0 Å². The van der Waals surface area contributed by atoms with Crippen LogP contribution in [-0.4, -0.2) is 91.2 Å². The van der Waals surface area contributed by atoms with Crippen molar-refractivity contribution < 1.29 is 58.9 Å². The highest BCUT2D eigenvalue weighted by molar-refractivity contribution is 7.45. The Balaban J connectivity index is -0.000000311. The molecule has 0 bridgehead atoms. The molecule has 18 nitrogen and oxygen atoms in total. The Morgan fingerprint density at radius 1 is 0.607 bits per heavy atom. The number of aliphatic hydroxyl groups is 4.